The summed E-state index contributed by atoms with van der Waals surface area (Å²) >= 11 is 5.86. The molecule has 0 radical (unpaired) electrons. The monoisotopic (exact) mass is 458 g/mol. The maximum Gasteiger partial charge on any atom is 0.231 e. The summed E-state index contributed by atoms with van der Waals surface area (Å²) in [5.74, 6) is 1.48. The molecule has 0 bridgehead atoms. The standard InChI is InChI=1S/C27H19ClO5/c1-16-19(12-18-4-2-3-5-24(18)32-16)13-26-27(30)22-11-10-21(14-25(22)33-26)31-15-23(29)17-6-8-20(28)9-7-17/h2-14,16H,15H2,1H3/t16-/m1/s1. The molecule has 0 fully saturated rings. The fourth-order valence-corrected chi connectivity index (χ4v) is 3.82. The zero-order valence-electron chi connectivity index (χ0n) is 17.7. The first-order valence-electron chi connectivity index (χ1n) is 10.4. The van der Waals surface area contributed by atoms with Crippen LogP contribution in [0.5, 0.6) is 17.2 Å². The van der Waals surface area contributed by atoms with E-state index in [4.69, 9.17) is 25.8 Å². The number of carbonyl (C=O) groups is 2. The minimum atomic E-state index is -0.217. The Labute approximate surface area is 195 Å². The average molecular weight is 459 g/mol. The molecule has 2 aliphatic heterocycles. The summed E-state index contributed by atoms with van der Waals surface area (Å²) < 4.78 is 17.4. The Morgan fingerprint density at radius 3 is 2.67 bits per heavy atom. The summed E-state index contributed by atoms with van der Waals surface area (Å²) in [6.45, 7) is 1.78. The number of halogens is 1. The Morgan fingerprint density at radius 1 is 1.06 bits per heavy atom. The van der Waals surface area contributed by atoms with Crippen LogP contribution < -0.4 is 14.2 Å². The molecule has 5 nitrogen and oxygen atoms in total. The van der Waals surface area contributed by atoms with Gasteiger partial charge in [0.2, 0.25) is 5.78 Å². The van der Waals surface area contributed by atoms with Crippen molar-refractivity contribution in [3.8, 4) is 17.2 Å². The topological polar surface area (TPSA) is 61.8 Å². The zero-order valence-corrected chi connectivity index (χ0v) is 18.5. The predicted octanol–water partition coefficient (Wildman–Crippen LogP) is 5.93. The second-order valence-electron chi connectivity index (χ2n) is 7.76. The number of hydrogen-bond acceptors (Lipinski definition) is 5. The summed E-state index contributed by atoms with van der Waals surface area (Å²) in [4.78, 5) is 25.2. The third kappa shape index (κ3) is 4.28. The molecule has 0 saturated heterocycles. The van der Waals surface area contributed by atoms with Gasteiger partial charge in [-0.3, -0.25) is 9.59 Å². The van der Waals surface area contributed by atoms with Crippen LogP contribution in [0.4, 0.5) is 0 Å². The Bertz CT molecular complexity index is 1320. The van der Waals surface area contributed by atoms with Crippen molar-refractivity contribution in [1.29, 1.82) is 0 Å². The number of hydrogen-bond donors (Lipinski definition) is 0. The number of allylic oxidation sites excluding steroid dienone is 1. The van der Waals surface area contributed by atoms with Crippen LogP contribution in [-0.2, 0) is 0 Å². The molecule has 6 heteroatoms. The largest absolute Gasteiger partial charge is 0.485 e. The zero-order chi connectivity index (χ0) is 22.9. The first-order valence-corrected chi connectivity index (χ1v) is 10.8. The highest BCUT2D eigenvalue weighted by Gasteiger charge is 2.29. The maximum atomic E-state index is 12.8. The first kappa shape index (κ1) is 21.0. The van der Waals surface area contributed by atoms with Gasteiger partial charge in [0.15, 0.2) is 18.1 Å². The molecule has 0 N–H and O–H groups in total. The second kappa shape index (κ2) is 8.60. The van der Waals surface area contributed by atoms with Crippen molar-refractivity contribution in [3.05, 3.63) is 106 Å². The van der Waals surface area contributed by atoms with Gasteiger partial charge in [0.25, 0.3) is 0 Å². The van der Waals surface area contributed by atoms with Crippen molar-refractivity contribution in [2.75, 3.05) is 6.61 Å². The van der Waals surface area contributed by atoms with Gasteiger partial charge in [0, 0.05) is 22.2 Å². The van der Waals surface area contributed by atoms with Crippen LogP contribution in [0.15, 0.2) is 84.1 Å². The normalized spacial score (nSPS) is 17.5. The van der Waals surface area contributed by atoms with Gasteiger partial charge < -0.3 is 14.2 Å². The molecule has 2 heterocycles. The van der Waals surface area contributed by atoms with Gasteiger partial charge in [0.1, 0.15) is 23.4 Å². The lowest BCUT2D eigenvalue weighted by Gasteiger charge is -2.22. The van der Waals surface area contributed by atoms with E-state index in [0.717, 1.165) is 16.9 Å². The van der Waals surface area contributed by atoms with E-state index in [-0.39, 0.29) is 30.0 Å². The Balaban J connectivity index is 1.31. The quantitative estimate of drug-likeness (QED) is 0.350. The van der Waals surface area contributed by atoms with E-state index >= 15 is 0 Å². The fraction of sp³-hybridized carbons (Fsp3) is 0.111. The van der Waals surface area contributed by atoms with Gasteiger partial charge in [-0.15, -0.1) is 0 Å². The van der Waals surface area contributed by atoms with Crippen LogP contribution in [0.2, 0.25) is 5.02 Å². The highest BCUT2D eigenvalue weighted by Crippen LogP contribution is 2.36. The van der Waals surface area contributed by atoms with Crippen molar-refractivity contribution >= 4 is 29.2 Å². The highest BCUT2D eigenvalue weighted by atomic mass is 35.5. The number of fused-ring (bicyclic) bond motifs is 2. The van der Waals surface area contributed by atoms with Crippen LogP contribution in [0, 0.1) is 0 Å². The van der Waals surface area contributed by atoms with Gasteiger partial charge in [-0.1, -0.05) is 29.8 Å². The third-order valence-corrected chi connectivity index (χ3v) is 5.74. The highest BCUT2D eigenvalue weighted by molar-refractivity contribution is 6.30. The molecule has 164 valence electrons. The van der Waals surface area contributed by atoms with Crippen LogP contribution in [0.3, 0.4) is 0 Å². The fourth-order valence-electron chi connectivity index (χ4n) is 3.70. The summed E-state index contributed by atoms with van der Waals surface area (Å²) in [5, 5.41) is 0.561. The van der Waals surface area contributed by atoms with Gasteiger partial charge in [-0.25, -0.2) is 0 Å². The number of carbonyl (C=O) groups excluding carboxylic acids is 2. The number of benzene rings is 3. The van der Waals surface area contributed by atoms with Crippen LogP contribution in [-0.4, -0.2) is 24.3 Å². The number of ether oxygens (including phenoxy) is 3. The van der Waals surface area contributed by atoms with Crippen molar-refractivity contribution in [1.82, 2.24) is 0 Å². The number of ketones is 2. The molecule has 0 saturated carbocycles. The van der Waals surface area contributed by atoms with Gasteiger partial charge >= 0.3 is 0 Å². The number of Topliss-reactive ketones (excluding diaryl/α,β-unsaturated/α-hetero) is 2. The van der Waals surface area contributed by atoms with E-state index in [2.05, 4.69) is 0 Å². The lowest BCUT2D eigenvalue weighted by atomic mass is 10.0. The van der Waals surface area contributed by atoms with Crippen molar-refractivity contribution in [2.45, 2.75) is 13.0 Å². The SMILES string of the molecule is C[C@H]1Oc2ccccc2C=C1C=C1Oc2cc(OCC(=O)c3ccc(Cl)cc3)ccc2C1=O. The smallest absolute Gasteiger partial charge is 0.231 e. The summed E-state index contributed by atoms with van der Waals surface area (Å²) in [6.07, 6.45) is 3.49. The van der Waals surface area contributed by atoms with Gasteiger partial charge in [-0.2, -0.15) is 0 Å². The van der Waals surface area contributed by atoms with E-state index in [0.29, 0.717) is 27.6 Å². The van der Waals surface area contributed by atoms with Crippen molar-refractivity contribution in [3.63, 3.8) is 0 Å². The molecule has 33 heavy (non-hydrogen) atoms. The van der Waals surface area contributed by atoms with Crippen LogP contribution >= 0.6 is 11.6 Å². The van der Waals surface area contributed by atoms with Gasteiger partial charge in [0.05, 0.1) is 5.56 Å². The molecule has 0 aliphatic carbocycles. The lowest BCUT2D eigenvalue weighted by Crippen LogP contribution is -2.18. The van der Waals surface area contributed by atoms with E-state index in [1.807, 2.05) is 37.3 Å². The van der Waals surface area contributed by atoms with Crippen LogP contribution in [0.25, 0.3) is 6.08 Å². The van der Waals surface area contributed by atoms with Gasteiger partial charge in [-0.05, 0) is 67.1 Å². The summed E-state index contributed by atoms with van der Waals surface area (Å²) in [7, 11) is 0. The molecule has 0 amide bonds. The van der Waals surface area contributed by atoms with E-state index in [9.17, 15) is 9.59 Å². The molecular formula is C27H19ClO5. The minimum absolute atomic E-state index is 0.141. The Kier molecular flexibility index (Phi) is 5.48. The van der Waals surface area contributed by atoms with Crippen molar-refractivity contribution in [2.24, 2.45) is 0 Å². The Morgan fingerprint density at radius 2 is 1.85 bits per heavy atom. The summed E-state index contributed by atoms with van der Waals surface area (Å²) in [5.41, 5.74) is 2.75. The minimum Gasteiger partial charge on any atom is -0.485 e. The molecule has 1 atom stereocenters. The molecule has 5 rings (SSSR count). The average Bonchev–Trinajstić information content (AvgIpc) is 3.13. The molecule has 0 spiro atoms. The number of rotatable bonds is 5. The molecule has 0 aromatic heterocycles. The molecule has 2 aliphatic rings. The molecule has 3 aromatic carbocycles. The molecular weight excluding hydrogens is 440 g/mol. The predicted molar refractivity (Wildman–Crippen MR) is 125 cm³/mol. The van der Waals surface area contributed by atoms with Crippen molar-refractivity contribution < 1.29 is 23.8 Å². The van der Waals surface area contributed by atoms with E-state index in [1.165, 1.54) is 0 Å². The van der Waals surface area contributed by atoms with Crippen LogP contribution in [0.1, 0.15) is 33.2 Å². The maximum absolute atomic E-state index is 12.8. The van der Waals surface area contributed by atoms with E-state index < -0.39 is 0 Å². The lowest BCUT2D eigenvalue weighted by molar-refractivity contribution is 0.0921. The van der Waals surface area contributed by atoms with E-state index in [1.54, 1.807) is 48.5 Å². The first-order chi connectivity index (χ1) is 16.0. The summed E-state index contributed by atoms with van der Waals surface area (Å²) in [6, 6.07) is 19.3. The third-order valence-electron chi connectivity index (χ3n) is 5.49. The number of para-hydroxylation sites is 1. The molecule has 0 unspecified atom stereocenters. The molecule has 3 aromatic rings. The Hall–Kier alpha value is -3.83. The second-order valence-corrected chi connectivity index (χ2v) is 8.20.